The minimum absolute atomic E-state index is 0.0929. The summed E-state index contributed by atoms with van der Waals surface area (Å²) >= 11 is 0. The number of halogens is 2. The van der Waals surface area contributed by atoms with Crippen LogP contribution in [0.25, 0.3) is 0 Å². The predicted molar refractivity (Wildman–Crippen MR) is 70.6 cm³/mol. The number of anilines is 1. The van der Waals surface area contributed by atoms with Crippen molar-refractivity contribution < 1.29 is 18.3 Å². The summed E-state index contributed by atoms with van der Waals surface area (Å²) in [6.07, 6.45) is 1.72. The van der Waals surface area contributed by atoms with Crippen molar-refractivity contribution in [2.24, 2.45) is 5.73 Å². The van der Waals surface area contributed by atoms with Gasteiger partial charge in [-0.3, -0.25) is 0 Å². The fourth-order valence-electron chi connectivity index (χ4n) is 1.76. The zero-order valence-electron chi connectivity index (χ0n) is 10.9. The Labute approximate surface area is 111 Å². The van der Waals surface area contributed by atoms with E-state index < -0.39 is 6.61 Å². The van der Waals surface area contributed by atoms with Gasteiger partial charge in [-0.15, -0.1) is 0 Å². The number of hydrogen-bond donors (Lipinski definition) is 2. The Morgan fingerprint density at radius 2 is 2.16 bits per heavy atom. The Morgan fingerprint density at radius 3 is 2.79 bits per heavy atom. The van der Waals surface area contributed by atoms with Crippen LogP contribution in [0.4, 0.5) is 14.5 Å². The standard InChI is InChI=1S/C13H20F2N2O2/c1-18-9-11(5-3-7-16)17-10-4-2-6-12(8-10)19-13(14)15/h2,4,6,8,11,13,17H,3,5,7,9,16H2,1H3. The maximum atomic E-state index is 12.1. The molecule has 0 heterocycles. The third-order valence-corrected chi connectivity index (χ3v) is 2.55. The van der Waals surface area contributed by atoms with Gasteiger partial charge in [-0.2, -0.15) is 8.78 Å². The number of ether oxygens (including phenoxy) is 2. The van der Waals surface area contributed by atoms with E-state index in [1.165, 1.54) is 12.1 Å². The van der Waals surface area contributed by atoms with Crippen molar-refractivity contribution >= 4 is 5.69 Å². The Morgan fingerprint density at radius 1 is 1.37 bits per heavy atom. The predicted octanol–water partition coefficient (Wildman–Crippen LogP) is 2.45. The molecule has 1 aromatic rings. The highest BCUT2D eigenvalue weighted by atomic mass is 19.3. The van der Waals surface area contributed by atoms with Crippen molar-refractivity contribution in [3.05, 3.63) is 24.3 Å². The highest BCUT2D eigenvalue weighted by Crippen LogP contribution is 2.20. The molecule has 0 aliphatic rings. The lowest BCUT2D eigenvalue weighted by molar-refractivity contribution is -0.0498. The number of rotatable bonds is 9. The van der Waals surface area contributed by atoms with E-state index in [0.29, 0.717) is 13.2 Å². The van der Waals surface area contributed by atoms with Crippen molar-refractivity contribution in [3.8, 4) is 5.75 Å². The molecule has 1 rings (SSSR count). The first kappa shape index (κ1) is 15.7. The summed E-state index contributed by atoms with van der Waals surface area (Å²) < 4.78 is 33.7. The molecule has 6 heteroatoms. The molecule has 0 saturated heterocycles. The van der Waals surface area contributed by atoms with Crippen LogP contribution in [0.3, 0.4) is 0 Å². The van der Waals surface area contributed by atoms with Gasteiger partial charge in [0.05, 0.1) is 6.61 Å². The van der Waals surface area contributed by atoms with E-state index in [1.807, 2.05) is 0 Å². The molecule has 108 valence electrons. The second kappa shape index (κ2) is 8.66. The quantitative estimate of drug-likeness (QED) is 0.726. The molecule has 1 aromatic carbocycles. The maximum absolute atomic E-state index is 12.1. The smallest absolute Gasteiger partial charge is 0.387 e. The van der Waals surface area contributed by atoms with Crippen LogP contribution < -0.4 is 15.8 Å². The second-order valence-corrected chi connectivity index (χ2v) is 4.13. The minimum Gasteiger partial charge on any atom is -0.435 e. The van der Waals surface area contributed by atoms with Crippen LogP contribution in [0.2, 0.25) is 0 Å². The molecule has 0 fully saturated rings. The second-order valence-electron chi connectivity index (χ2n) is 4.13. The Hall–Kier alpha value is -1.40. The third kappa shape index (κ3) is 6.35. The Bertz CT molecular complexity index is 364. The lowest BCUT2D eigenvalue weighted by Gasteiger charge is -2.19. The fraction of sp³-hybridized carbons (Fsp3) is 0.538. The number of nitrogens with two attached hydrogens (primary N) is 1. The van der Waals surface area contributed by atoms with Gasteiger partial charge in [-0.05, 0) is 31.5 Å². The van der Waals surface area contributed by atoms with E-state index in [4.69, 9.17) is 10.5 Å². The van der Waals surface area contributed by atoms with Gasteiger partial charge in [-0.25, -0.2) is 0 Å². The third-order valence-electron chi connectivity index (χ3n) is 2.55. The molecule has 4 nitrogen and oxygen atoms in total. The van der Waals surface area contributed by atoms with Crippen LogP contribution >= 0.6 is 0 Å². The molecular weight excluding hydrogens is 254 g/mol. The largest absolute Gasteiger partial charge is 0.435 e. The van der Waals surface area contributed by atoms with Crippen LogP contribution in [-0.2, 0) is 4.74 Å². The summed E-state index contributed by atoms with van der Waals surface area (Å²) in [7, 11) is 1.62. The Kier molecular flexibility index (Phi) is 7.14. The number of nitrogens with one attached hydrogen (secondary N) is 1. The molecule has 0 spiro atoms. The Balaban J connectivity index is 2.61. The summed E-state index contributed by atoms with van der Waals surface area (Å²) in [5, 5.41) is 3.22. The SMILES string of the molecule is COCC(CCCN)Nc1cccc(OC(F)F)c1. The average Bonchev–Trinajstić information content (AvgIpc) is 2.36. The molecule has 3 N–H and O–H groups in total. The van der Waals surface area contributed by atoms with Crippen molar-refractivity contribution in [3.63, 3.8) is 0 Å². The topological polar surface area (TPSA) is 56.5 Å². The van der Waals surface area contributed by atoms with E-state index in [0.717, 1.165) is 18.5 Å². The molecule has 0 amide bonds. The van der Waals surface area contributed by atoms with Crippen LogP contribution in [0, 0.1) is 0 Å². The van der Waals surface area contributed by atoms with Gasteiger partial charge < -0.3 is 20.5 Å². The summed E-state index contributed by atoms with van der Waals surface area (Å²) in [6, 6.07) is 6.58. The van der Waals surface area contributed by atoms with Crippen molar-refractivity contribution in [2.75, 3.05) is 25.6 Å². The molecule has 19 heavy (non-hydrogen) atoms. The fourth-order valence-corrected chi connectivity index (χ4v) is 1.76. The lowest BCUT2D eigenvalue weighted by atomic mass is 10.1. The summed E-state index contributed by atoms with van der Waals surface area (Å²) in [5.74, 6) is 0.134. The highest BCUT2D eigenvalue weighted by molar-refractivity contribution is 5.48. The maximum Gasteiger partial charge on any atom is 0.387 e. The number of alkyl halides is 2. The normalized spacial score (nSPS) is 12.5. The van der Waals surface area contributed by atoms with Gasteiger partial charge >= 0.3 is 6.61 Å². The van der Waals surface area contributed by atoms with E-state index in [1.54, 1.807) is 19.2 Å². The van der Waals surface area contributed by atoms with Gasteiger partial charge in [-0.1, -0.05) is 6.07 Å². The van der Waals surface area contributed by atoms with Crippen molar-refractivity contribution in [1.29, 1.82) is 0 Å². The van der Waals surface area contributed by atoms with Crippen LogP contribution in [0.1, 0.15) is 12.8 Å². The molecule has 0 radical (unpaired) electrons. The molecule has 0 aromatic heterocycles. The first-order valence-corrected chi connectivity index (χ1v) is 6.16. The molecule has 0 bridgehead atoms. The highest BCUT2D eigenvalue weighted by Gasteiger charge is 2.09. The van der Waals surface area contributed by atoms with Crippen LogP contribution in [0.5, 0.6) is 5.75 Å². The monoisotopic (exact) mass is 274 g/mol. The van der Waals surface area contributed by atoms with Gasteiger partial charge in [0.25, 0.3) is 0 Å². The summed E-state index contributed by atoms with van der Waals surface area (Å²) in [5.41, 5.74) is 6.19. The number of benzene rings is 1. The average molecular weight is 274 g/mol. The number of hydrogen-bond acceptors (Lipinski definition) is 4. The molecular formula is C13H20F2N2O2. The molecule has 1 atom stereocenters. The first-order valence-electron chi connectivity index (χ1n) is 6.16. The zero-order valence-corrected chi connectivity index (χ0v) is 10.9. The molecule has 1 unspecified atom stereocenters. The van der Waals surface area contributed by atoms with E-state index in [2.05, 4.69) is 10.1 Å². The summed E-state index contributed by atoms with van der Waals surface area (Å²) in [4.78, 5) is 0. The minimum atomic E-state index is -2.82. The van der Waals surface area contributed by atoms with E-state index in [-0.39, 0.29) is 11.8 Å². The number of methoxy groups -OCH3 is 1. The van der Waals surface area contributed by atoms with E-state index in [9.17, 15) is 8.78 Å². The molecule has 0 aliphatic heterocycles. The first-order chi connectivity index (χ1) is 9.15. The van der Waals surface area contributed by atoms with Crippen molar-refractivity contribution in [2.45, 2.75) is 25.5 Å². The molecule has 0 saturated carbocycles. The molecule has 0 aliphatic carbocycles. The van der Waals surface area contributed by atoms with Gasteiger partial charge in [0.15, 0.2) is 0 Å². The van der Waals surface area contributed by atoms with Gasteiger partial charge in [0.2, 0.25) is 0 Å². The lowest BCUT2D eigenvalue weighted by Crippen LogP contribution is -2.25. The van der Waals surface area contributed by atoms with Crippen molar-refractivity contribution in [1.82, 2.24) is 0 Å². The summed E-state index contributed by atoms with van der Waals surface area (Å²) in [6.45, 7) is -1.68. The van der Waals surface area contributed by atoms with Crippen LogP contribution in [0.15, 0.2) is 24.3 Å². The van der Waals surface area contributed by atoms with E-state index >= 15 is 0 Å². The van der Waals surface area contributed by atoms with Crippen LogP contribution in [-0.4, -0.2) is 32.9 Å². The zero-order chi connectivity index (χ0) is 14.1. The van der Waals surface area contributed by atoms with Gasteiger partial charge in [0, 0.05) is 24.9 Å². The van der Waals surface area contributed by atoms with Gasteiger partial charge in [0.1, 0.15) is 5.75 Å².